The molecule has 190 valence electrons. The first-order valence-corrected chi connectivity index (χ1v) is 12.9. The first-order valence-electron chi connectivity index (χ1n) is 12.9. The number of ether oxygens (including phenoxy) is 1. The summed E-state index contributed by atoms with van der Waals surface area (Å²) in [5.74, 6) is -1.02. The molecule has 1 unspecified atom stereocenters. The van der Waals surface area contributed by atoms with E-state index in [2.05, 4.69) is 84.3 Å². The molecular formula is C30H36N2O4. The number of hydrogen-bond donors (Lipinski definition) is 3. The smallest absolute Gasteiger partial charge is 0.305 e. The zero-order valence-electron chi connectivity index (χ0n) is 21.0. The van der Waals surface area contributed by atoms with Crippen LogP contribution in [0.5, 0.6) is 0 Å². The zero-order chi connectivity index (χ0) is 25.4. The Hall–Kier alpha value is -3.22. The fourth-order valence-corrected chi connectivity index (χ4v) is 5.16. The van der Waals surface area contributed by atoms with Gasteiger partial charge in [-0.05, 0) is 66.6 Å². The SMILES string of the molecule is CC(NCCCc1ccc(C2(C(=O)NCCC(=O)O)CCOCC2)cc1)c1cccc2ccccc12. The Kier molecular flexibility index (Phi) is 8.73. The second kappa shape index (κ2) is 12.2. The number of carbonyl (C=O) groups excluding carboxylic acids is 1. The number of benzene rings is 3. The molecule has 1 heterocycles. The van der Waals surface area contributed by atoms with Crippen LogP contribution in [0, 0.1) is 0 Å². The van der Waals surface area contributed by atoms with Gasteiger partial charge in [-0.2, -0.15) is 0 Å². The lowest BCUT2D eigenvalue weighted by atomic mass is 9.73. The first-order chi connectivity index (χ1) is 17.5. The Morgan fingerprint density at radius 3 is 2.44 bits per heavy atom. The van der Waals surface area contributed by atoms with E-state index in [1.165, 1.54) is 21.9 Å². The van der Waals surface area contributed by atoms with Crippen molar-refractivity contribution in [2.24, 2.45) is 0 Å². The zero-order valence-corrected chi connectivity index (χ0v) is 21.0. The van der Waals surface area contributed by atoms with Crippen LogP contribution in [-0.2, 0) is 26.2 Å². The van der Waals surface area contributed by atoms with Gasteiger partial charge in [-0.15, -0.1) is 0 Å². The molecule has 3 aromatic rings. The van der Waals surface area contributed by atoms with Crippen LogP contribution in [0.4, 0.5) is 0 Å². The molecule has 0 saturated carbocycles. The third-order valence-electron chi connectivity index (χ3n) is 7.29. The molecule has 0 bridgehead atoms. The minimum absolute atomic E-state index is 0.0790. The molecule has 0 aliphatic carbocycles. The molecular weight excluding hydrogens is 452 g/mol. The maximum Gasteiger partial charge on any atom is 0.305 e. The minimum Gasteiger partial charge on any atom is -0.481 e. The number of carboxylic acids is 1. The number of carboxylic acid groups (broad SMARTS) is 1. The van der Waals surface area contributed by atoms with E-state index in [4.69, 9.17) is 9.84 Å². The summed E-state index contributed by atoms with van der Waals surface area (Å²) in [5.41, 5.74) is 2.88. The summed E-state index contributed by atoms with van der Waals surface area (Å²) in [7, 11) is 0. The molecule has 3 N–H and O–H groups in total. The molecule has 1 fully saturated rings. The van der Waals surface area contributed by atoms with Crippen molar-refractivity contribution in [3.63, 3.8) is 0 Å². The van der Waals surface area contributed by atoms with Gasteiger partial charge in [0.25, 0.3) is 0 Å². The molecule has 1 saturated heterocycles. The van der Waals surface area contributed by atoms with E-state index in [-0.39, 0.29) is 24.9 Å². The molecule has 6 nitrogen and oxygen atoms in total. The Morgan fingerprint density at radius 2 is 1.69 bits per heavy atom. The van der Waals surface area contributed by atoms with Crippen molar-refractivity contribution in [3.8, 4) is 0 Å². The molecule has 0 aromatic heterocycles. The van der Waals surface area contributed by atoms with Crippen molar-refractivity contribution in [2.75, 3.05) is 26.3 Å². The molecule has 1 atom stereocenters. The second-order valence-electron chi connectivity index (χ2n) is 9.64. The maximum atomic E-state index is 13.1. The van der Waals surface area contributed by atoms with Crippen LogP contribution in [0.3, 0.4) is 0 Å². The number of amides is 1. The molecule has 1 aliphatic rings. The highest BCUT2D eigenvalue weighted by Crippen LogP contribution is 2.35. The standard InChI is InChI=1S/C30H36N2O4/c1-22(26-10-4-8-24-7-2-3-9-27(24)26)31-18-5-6-23-11-13-25(14-12-23)30(16-20-36-21-17-30)29(35)32-19-15-28(33)34/h2-4,7-14,22,31H,5-6,15-21H2,1H3,(H,32,35)(H,33,34). The van der Waals surface area contributed by atoms with Crippen LogP contribution in [0.2, 0.25) is 0 Å². The van der Waals surface area contributed by atoms with E-state index < -0.39 is 11.4 Å². The number of carbonyl (C=O) groups is 2. The van der Waals surface area contributed by atoms with Gasteiger partial charge >= 0.3 is 5.97 Å². The van der Waals surface area contributed by atoms with E-state index >= 15 is 0 Å². The fraction of sp³-hybridized carbons (Fsp3) is 0.400. The van der Waals surface area contributed by atoms with Gasteiger partial charge in [-0.25, -0.2) is 0 Å². The van der Waals surface area contributed by atoms with E-state index in [0.717, 1.165) is 24.9 Å². The summed E-state index contributed by atoms with van der Waals surface area (Å²) in [6, 6.07) is 23.6. The van der Waals surface area contributed by atoms with Crippen LogP contribution in [-0.4, -0.2) is 43.3 Å². The summed E-state index contributed by atoms with van der Waals surface area (Å²) in [6.07, 6.45) is 3.09. The van der Waals surface area contributed by atoms with Gasteiger partial charge in [-0.3, -0.25) is 9.59 Å². The van der Waals surface area contributed by atoms with Gasteiger partial charge in [0.2, 0.25) is 5.91 Å². The second-order valence-corrected chi connectivity index (χ2v) is 9.64. The summed E-state index contributed by atoms with van der Waals surface area (Å²) in [5, 5.41) is 17.9. The molecule has 4 rings (SSSR count). The number of nitrogens with one attached hydrogen (secondary N) is 2. The van der Waals surface area contributed by atoms with Crippen LogP contribution >= 0.6 is 0 Å². The van der Waals surface area contributed by atoms with Gasteiger partial charge in [0.1, 0.15) is 0 Å². The van der Waals surface area contributed by atoms with Gasteiger partial charge in [-0.1, -0.05) is 66.7 Å². The number of aryl methyl sites for hydroxylation is 1. The number of hydrogen-bond acceptors (Lipinski definition) is 4. The van der Waals surface area contributed by atoms with Crippen molar-refractivity contribution < 1.29 is 19.4 Å². The van der Waals surface area contributed by atoms with E-state index in [0.29, 0.717) is 26.1 Å². The lowest BCUT2D eigenvalue weighted by Gasteiger charge is -2.36. The highest BCUT2D eigenvalue weighted by Gasteiger charge is 2.41. The molecule has 1 aliphatic heterocycles. The molecule has 0 spiro atoms. The van der Waals surface area contributed by atoms with Crippen molar-refractivity contribution in [3.05, 3.63) is 83.4 Å². The largest absolute Gasteiger partial charge is 0.481 e. The average molecular weight is 489 g/mol. The number of aliphatic carboxylic acids is 1. The predicted molar refractivity (Wildman–Crippen MR) is 142 cm³/mol. The van der Waals surface area contributed by atoms with Crippen LogP contribution < -0.4 is 10.6 Å². The van der Waals surface area contributed by atoms with Gasteiger partial charge in [0.15, 0.2) is 0 Å². The van der Waals surface area contributed by atoms with Crippen molar-refractivity contribution in [1.29, 1.82) is 0 Å². The van der Waals surface area contributed by atoms with E-state index in [1.54, 1.807) is 0 Å². The molecule has 36 heavy (non-hydrogen) atoms. The summed E-state index contributed by atoms with van der Waals surface area (Å²) < 4.78 is 5.52. The third-order valence-corrected chi connectivity index (χ3v) is 7.29. The Bertz CT molecular complexity index is 1160. The number of rotatable bonds is 11. The minimum atomic E-state index is -0.915. The summed E-state index contributed by atoms with van der Waals surface area (Å²) >= 11 is 0. The molecule has 0 radical (unpaired) electrons. The van der Waals surface area contributed by atoms with Crippen LogP contribution in [0.15, 0.2) is 66.7 Å². The lowest BCUT2D eigenvalue weighted by Crippen LogP contribution is -2.48. The normalized spacial score (nSPS) is 15.9. The Balaban J connectivity index is 1.32. The first kappa shape index (κ1) is 25.9. The molecule has 3 aromatic carbocycles. The maximum absolute atomic E-state index is 13.1. The monoisotopic (exact) mass is 488 g/mol. The Morgan fingerprint density at radius 1 is 0.972 bits per heavy atom. The predicted octanol–water partition coefficient (Wildman–Crippen LogP) is 4.76. The van der Waals surface area contributed by atoms with Gasteiger partial charge < -0.3 is 20.5 Å². The van der Waals surface area contributed by atoms with Gasteiger partial charge in [0.05, 0.1) is 11.8 Å². The van der Waals surface area contributed by atoms with Crippen LogP contribution in [0.1, 0.15) is 55.3 Å². The lowest BCUT2D eigenvalue weighted by molar-refractivity contribution is -0.137. The van der Waals surface area contributed by atoms with Crippen LogP contribution in [0.25, 0.3) is 10.8 Å². The third kappa shape index (κ3) is 6.12. The summed E-state index contributed by atoms with van der Waals surface area (Å²) in [4.78, 5) is 23.9. The quantitative estimate of drug-likeness (QED) is 0.339. The molecule has 1 amide bonds. The van der Waals surface area contributed by atoms with E-state index in [9.17, 15) is 9.59 Å². The number of fused-ring (bicyclic) bond motifs is 1. The van der Waals surface area contributed by atoms with Crippen molar-refractivity contribution in [2.45, 2.75) is 50.5 Å². The van der Waals surface area contributed by atoms with Gasteiger partial charge in [0, 0.05) is 25.8 Å². The topological polar surface area (TPSA) is 87.7 Å². The average Bonchev–Trinajstić information content (AvgIpc) is 2.91. The van der Waals surface area contributed by atoms with Crippen molar-refractivity contribution >= 4 is 22.6 Å². The van der Waals surface area contributed by atoms with Crippen molar-refractivity contribution in [1.82, 2.24) is 10.6 Å². The highest BCUT2D eigenvalue weighted by molar-refractivity contribution is 5.88. The Labute approximate surface area is 213 Å². The molecule has 6 heteroatoms. The van der Waals surface area contributed by atoms with E-state index in [1.807, 2.05) is 0 Å². The highest BCUT2D eigenvalue weighted by atomic mass is 16.5. The summed E-state index contributed by atoms with van der Waals surface area (Å²) in [6.45, 7) is 4.31. The fourth-order valence-electron chi connectivity index (χ4n) is 5.16.